The molecular formula is C16H18N4O. The summed E-state index contributed by atoms with van der Waals surface area (Å²) in [5.41, 5.74) is -0.259. The Hall–Kier alpha value is -2.22. The van der Waals surface area contributed by atoms with Crippen LogP contribution in [0.25, 0.3) is 0 Å². The van der Waals surface area contributed by atoms with Gasteiger partial charge in [0.05, 0.1) is 5.57 Å². The number of nitrogens with zero attached hydrogens (tertiary/aromatic N) is 4. The van der Waals surface area contributed by atoms with Gasteiger partial charge in [-0.15, -0.1) is 0 Å². The average molecular weight is 282 g/mol. The SMILES string of the molecule is CC1(C)CC2(C=C(C#N)C1=O)CCN(c1ccncn1)C2. The van der Waals surface area contributed by atoms with Crippen LogP contribution in [0.3, 0.4) is 0 Å². The van der Waals surface area contributed by atoms with Gasteiger partial charge >= 0.3 is 0 Å². The molecule has 1 atom stereocenters. The zero-order valence-corrected chi connectivity index (χ0v) is 12.3. The van der Waals surface area contributed by atoms with Gasteiger partial charge in [0.2, 0.25) is 0 Å². The Labute approximate surface area is 124 Å². The van der Waals surface area contributed by atoms with Crippen molar-refractivity contribution in [3.05, 3.63) is 30.2 Å². The van der Waals surface area contributed by atoms with Crippen molar-refractivity contribution in [2.75, 3.05) is 18.0 Å². The Morgan fingerprint density at radius 3 is 2.90 bits per heavy atom. The minimum Gasteiger partial charge on any atom is -0.356 e. The monoisotopic (exact) mass is 282 g/mol. The number of nitriles is 1. The van der Waals surface area contributed by atoms with Gasteiger partial charge in [0, 0.05) is 30.1 Å². The van der Waals surface area contributed by atoms with E-state index in [1.807, 2.05) is 26.0 Å². The second-order valence-electron chi connectivity index (χ2n) is 6.66. The van der Waals surface area contributed by atoms with Gasteiger partial charge in [-0.1, -0.05) is 19.9 Å². The molecular weight excluding hydrogens is 264 g/mol. The minimum atomic E-state index is -0.471. The maximum absolute atomic E-state index is 12.2. The van der Waals surface area contributed by atoms with Gasteiger partial charge in [-0.3, -0.25) is 4.79 Å². The maximum atomic E-state index is 12.2. The number of rotatable bonds is 1. The van der Waals surface area contributed by atoms with Crippen LogP contribution in [0, 0.1) is 22.2 Å². The maximum Gasteiger partial charge on any atom is 0.178 e. The Balaban J connectivity index is 1.92. The fourth-order valence-corrected chi connectivity index (χ4v) is 3.66. The predicted octanol–water partition coefficient (Wildman–Crippen LogP) is 2.12. The third kappa shape index (κ3) is 2.31. The summed E-state index contributed by atoms with van der Waals surface area (Å²) in [6.45, 7) is 5.56. The second-order valence-corrected chi connectivity index (χ2v) is 6.66. The smallest absolute Gasteiger partial charge is 0.178 e. The molecule has 0 aromatic carbocycles. The third-order valence-electron chi connectivity index (χ3n) is 4.50. The molecule has 1 aliphatic carbocycles. The molecule has 1 aromatic heterocycles. The Kier molecular flexibility index (Phi) is 3.05. The van der Waals surface area contributed by atoms with E-state index in [0.717, 1.165) is 31.7 Å². The number of hydrogen-bond donors (Lipinski definition) is 0. The van der Waals surface area contributed by atoms with E-state index in [-0.39, 0.29) is 11.2 Å². The quantitative estimate of drug-likeness (QED) is 0.789. The molecule has 0 amide bonds. The minimum absolute atomic E-state index is 0.0314. The van der Waals surface area contributed by atoms with Crippen LogP contribution in [0.15, 0.2) is 30.2 Å². The average Bonchev–Trinajstić information content (AvgIpc) is 2.87. The van der Waals surface area contributed by atoms with Crippen molar-refractivity contribution in [3.63, 3.8) is 0 Å². The van der Waals surface area contributed by atoms with Gasteiger partial charge < -0.3 is 4.90 Å². The molecule has 1 saturated heterocycles. The van der Waals surface area contributed by atoms with Crippen molar-refractivity contribution in [3.8, 4) is 6.07 Å². The molecule has 1 fully saturated rings. The molecule has 1 aliphatic heterocycles. The van der Waals surface area contributed by atoms with E-state index >= 15 is 0 Å². The van der Waals surface area contributed by atoms with Crippen LogP contribution in [0.1, 0.15) is 26.7 Å². The van der Waals surface area contributed by atoms with Crippen LogP contribution in [-0.4, -0.2) is 28.8 Å². The van der Waals surface area contributed by atoms with E-state index in [1.54, 1.807) is 12.5 Å². The number of ketones is 1. The molecule has 0 saturated carbocycles. The number of Topliss-reactive ketones (excluding diaryl/α,β-unsaturated/α-hetero) is 1. The highest BCUT2D eigenvalue weighted by Gasteiger charge is 2.48. The lowest BCUT2D eigenvalue weighted by molar-refractivity contribution is -0.125. The molecule has 5 nitrogen and oxygen atoms in total. The highest BCUT2D eigenvalue weighted by Crippen LogP contribution is 2.48. The molecule has 5 heteroatoms. The van der Waals surface area contributed by atoms with Crippen molar-refractivity contribution in [2.45, 2.75) is 26.7 Å². The first-order valence-corrected chi connectivity index (χ1v) is 7.15. The first kappa shape index (κ1) is 13.7. The lowest BCUT2D eigenvalue weighted by atomic mass is 9.64. The van der Waals surface area contributed by atoms with Gasteiger partial charge in [-0.2, -0.15) is 5.26 Å². The van der Waals surface area contributed by atoms with E-state index in [2.05, 4.69) is 20.9 Å². The van der Waals surface area contributed by atoms with Crippen LogP contribution in [-0.2, 0) is 4.79 Å². The molecule has 21 heavy (non-hydrogen) atoms. The summed E-state index contributed by atoms with van der Waals surface area (Å²) in [7, 11) is 0. The summed E-state index contributed by atoms with van der Waals surface area (Å²) in [6.07, 6.45) is 6.91. The molecule has 1 unspecified atom stereocenters. The summed E-state index contributed by atoms with van der Waals surface area (Å²) in [6, 6.07) is 3.98. The number of carbonyl (C=O) groups is 1. The molecule has 0 bridgehead atoms. The van der Waals surface area contributed by atoms with Gasteiger partial charge in [0.1, 0.15) is 18.2 Å². The number of anilines is 1. The molecule has 3 rings (SSSR count). The van der Waals surface area contributed by atoms with Crippen molar-refractivity contribution < 1.29 is 4.79 Å². The van der Waals surface area contributed by atoms with Gasteiger partial charge in [0.15, 0.2) is 5.78 Å². The van der Waals surface area contributed by atoms with Crippen molar-refractivity contribution in [1.29, 1.82) is 5.26 Å². The molecule has 2 heterocycles. The molecule has 2 aliphatic rings. The zero-order chi connectivity index (χ0) is 15.1. The lowest BCUT2D eigenvalue weighted by Gasteiger charge is -2.38. The van der Waals surface area contributed by atoms with Crippen LogP contribution in [0.5, 0.6) is 0 Å². The van der Waals surface area contributed by atoms with E-state index in [0.29, 0.717) is 5.57 Å². The van der Waals surface area contributed by atoms with Crippen LogP contribution >= 0.6 is 0 Å². The first-order valence-electron chi connectivity index (χ1n) is 7.15. The standard InChI is InChI=1S/C16H18N4O/c1-15(2)9-16(7-12(8-17)14(15)21)4-6-20(10-16)13-3-5-18-11-19-13/h3,5,7,11H,4,6,9-10H2,1-2H3. The largest absolute Gasteiger partial charge is 0.356 e. The van der Waals surface area contributed by atoms with Crippen LogP contribution < -0.4 is 4.90 Å². The normalized spacial score (nSPS) is 27.6. The molecule has 108 valence electrons. The summed E-state index contributed by atoms with van der Waals surface area (Å²) in [4.78, 5) is 22.7. The van der Waals surface area contributed by atoms with E-state index in [1.165, 1.54) is 0 Å². The van der Waals surface area contributed by atoms with Crippen LogP contribution in [0.4, 0.5) is 5.82 Å². The topological polar surface area (TPSA) is 69.9 Å². The predicted molar refractivity (Wildman–Crippen MR) is 78.4 cm³/mol. The van der Waals surface area contributed by atoms with Crippen molar-refractivity contribution in [1.82, 2.24) is 9.97 Å². The fraction of sp³-hybridized carbons (Fsp3) is 0.500. The Morgan fingerprint density at radius 2 is 2.24 bits per heavy atom. The number of hydrogen-bond acceptors (Lipinski definition) is 5. The van der Waals surface area contributed by atoms with E-state index in [9.17, 15) is 10.1 Å². The summed E-state index contributed by atoms with van der Waals surface area (Å²) >= 11 is 0. The zero-order valence-electron chi connectivity index (χ0n) is 12.3. The van der Waals surface area contributed by atoms with E-state index < -0.39 is 5.41 Å². The Bertz CT molecular complexity index is 644. The van der Waals surface area contributed by atoms with Gasteiger partial charge in [0.25, 0.3) is 0 Å². The van der Waals surface area contributed by atoms with Crippen LogP contribution in [0.2, 0.25) is 0 Å². The highest BCUT2D eigenvalue weighted by molar-refractivity contribution is 6.03. The summed E-state index contributed by atoms with van der Waals surface area (Å²) in [5.74, 6) is 0.875. The third-order valence-corrected chi connectivity index (χ3v) is 4.50. The van der Waals surface area contributed by atoms with Gasteiger partial charge in [-0.05, 0) is 18.9 Å². The number of allylic oxidation sites excluding steroid dienone is 1. The molecule has 1 spiro atoms. The number of aromatic nitrogens is 2. The first-order chi connectivity index (χ1) is 9.96. The lowest BCUT2D eigenvalue weighted by Crippen LogP contribution is -2.40. The number of carbonyl (C=O) groups excluding carboxylic acids is 1. The molecule has 0 radical (unpaired) electrons. The molecule has 0 N–H and O–H groups in total. The van der Waals surface area contributed by atoms with Crippen molar-refractivity contribution >= 4 is 11.6 Å². The van der Waals surface area contributed by atoms with Crippen molar-refractivity contribution in [2.24, 2.45) is 10.8 Å². The fourth-order valence-electron chi connectivity index (χ4n) is 3.66. The Morgan fingerprint density at radius 1 is 1.43 bits per heavy atom. The highest BCUT2D eigenvalue weighted by atomic mass is 16.1. The molecule has 1 aromatic rings. The summed E-state index contributed by atoms with van der Waals surface area (Å²) < 4.78 is 0. The summed E-state index contributed by atoms with van der Waals surface area (Å²) in [5, 5.41) is 9.25. The second kappa shape index (κ2) is 4.66. The van der Waals surface area contributed by atoms with E-state index in [4.69, 9.17) is 0 Å². The van der Waals surface area contributed by atoms with Gasteiger partial charge in [-0.25, -0.2) is 9.97 Å².